The van der Waals surface area contributed by atoms with E-state index in [0.717, 1.165) is 25.0 Å². The second-order valence-electron chi connectivity index (χ2n) is 5.36. The van der Waals surface area contributed by atoms with Gasteiger partial charge in [0, 0.05) is 18.6 Å². The van der Waals surface area contributed by atoms with Crippen molar-refractivity contribution < 1.29 is 4.79 Å². The summed E-state index contributed by atoms with van der Waals surface area (Å²) in [5, 5.41) is 5.97. The molecule has 0 saturated heterocycles. The quantitative estimate of drug-likeness (QED) is 0.823. The Balaban J connectivity index is 1.86. The second-order valence-corrected chi connectivity index (χ2v) is 5.36. The van der Waals surface area contributed by atoms with Crippen LogP contribution in [-0.2, 0) is 11.3 Å². The molecular weight excluding hydrogens is 278 g/mol. The number of amides is 1. The Morgan fingerprint density at radius 2 is 2.18 bits per heavy atom. The molecule has 2 aromatic rings. The zero-order chi connectivity index (χ0) is 15.4. The van der Waals surface area contributed by atoms with Crippen molar-refractivity contribution in [3.63, 3.8) is 0 Å². The summed E-state index contributed by atoms with van der Waals surface area (Å²) in [7, 11) is 0. The van der Waals surface area contributed by atoms with Crippen LogP contribution in [0, 0.1) is 5.92 Å². The van der Waals surface area contributed by atoms with Crippen LogP contribution in [0.1, 0.15) is 26.2 Å². The number of hydrogen-bond acceptors (Lipinski definition) is 4. The van der Waals surface area contributed by atoms with E-state index in [4.69, 9.17) is 0 Å². The standard InChI is InChI=1S/C16H19N5O/c1-2-3-6-13-14(11-20-10-9-17-12-20)19-21(16(13)22)15-7-4-5-8-18-15/h4-5,7-10,12-13H,2-3,6,11H2,1H3. The predicted octanol–water partition coefficient (Wildman–Crippen LogP) is 2.49. The molecule has 0 radical (unpaired) electrons. The molecule has 1 atom stereocenters. The largest absolute Gasteiger partial charge is 0.332 e. The van der Waals surface area contributed by atoms with E-state index >= 15 is 0 Å². The molecular formula is C16H19N5O. The lowest BCUT2D eigenvalue weighted by molar-refractivity contribution is -0.120. The molecule has 1 unspecified atom stereocenters. The highest BCUT2D eigenvalue weighted by Crippen LogP contribution is 2.26. The van der Waals surface area contributed by atoms with E-state index in [9.17, 15) is 4.79 Å². The predicted molar refractivity (Wildman–Crippen MR) is 84.4 cm³/mol. The van der Waals surface area contributed by atoms with Gasteiger partial charge >= 0.3 is 0 Å². The lowest BCUT2D eigenvalue weighted by Crippen LogP contribution is -2.28. The molecule has 1 aliphatic rings. The minimum Gasteiger partial charge on any atom is -0.332 e. The first-order chi connectivity index (χ1) is 10.8. The van der Waals surface area contributed by atoms with E-state index in [1.165, 1.54) is 5.01 Å². The number of carbonyl (C=O) groups excluding carboxylic acids is 1. The van der Waals surface area contributed by atoms with Crippen molar-refractivity contribution >= 4 is 17.4 Å². The molecule has 0 saturated carbocycles. The van der Waals surface area contributed by atoms with Crippen LogP contribution < -0.4 is 5.01 Å². The minimum absolute atomic E-state index is 0.0160. The van der Waals surface area contributed by atoms with Crippen LogP contribution in [0.3, 0.4) is 0 Å². The summed E-state index contributed by atoms with van der Waals surface area (Å²) in [4.78, 5) is 21.0. The normalized spacial score (nSPS) is 17.9. The third-order valence-electron chi connectivity index (χ3n) is 3.75. The first kappa shape index (κ1) is 14.4. The molecule has 0 aliphatic carbocycles. The van der Waals surface area contributed by atoms with Gasteiger partial charge in [-0.15, -0.1) is 0 Å². The van der Waals surface area contributed by atoms with Crippen molar-refractivity contribution in [3.05, 3.63) is 43.1 Å². The Kier molecular flexibility index (Phi) is 4.27. The zero-order valence-electron chi connectivity index (χ0n) is 12.6. The highest BCUT2D eigenvalue weighted by atomic mass is 16.2. The van der Waals surface area contributed by atoms with Crippen molar-refractivity contribution in [2.45, 2.75) is 32.7 Å². The van der Waals surface area contributed by atoms with E-state index in [0.29, 0.717) is 12.4 Å². The van der Waals surface area contributed by atoms with Gasteiger partial charge in [0.25, 0.3) is 5.91 Å². The van der Waals surface area contributed by atoms with E-state index in [1.807, 2.05) is 22.9 Å². The van der Waals surface area contributed by atoms with Crippen molar-refractivity contribution in [3.8, 4) is 0 Å². The number of anilines is 1. The van der Waals surface area contributed by atoms with Gasteiger partial charge < -0.3 is 4.57 Å². The minimum atomic E-state index is -0.163. The Morgan fingerprint density at radius 1 is 1.27 bits per heavy atom. The smallest absolute Gasteiger partial charge is 0.257 e. The molecule has 0 bridgehead atoms. The lowest BCUT2D eigenvalue weighted by Gasteiger charge is -2.13. The fourth-order valence-electron chi connectivity index (χ4n) is 2.59. The van der Waals surface area contributed by atoms with Crippen LogP contribution in [0.25, 0.3) is 0 Å². The summed E-state index contributed by atoms with van der Waals surface area (Å²) in [6.45, 7) is 2.71. The molecule has 0 fully saturated rings. The molecule has 6 nitrogen and oxygen atoms in total. The van der Waals surface area contributed by atoms with E-state index in [1.54, 1.807) is 24.8 Å². The summed E-state index contributed by atoms with van der Waals surface area (Å²) in [6.07, 6.45) is 9.93. The molecule has 1 aliphatic heterocycles. The van der Waals surface area contributed by atoms with Gasteiger partial charge in [0.05, 0.1) is 24.5 Å². The number of hydrazone groups is 1. The van der Waals surface area contributed by atoms with Crippen LogP contribution in [0.4, 0.5) is 5.82 Å². The highest BCUT2D eigenvalue weighted by molar-refractivity contribution is 6.15. The number of aromatic nitrogens is 3. The first-order valence-electron chi connectivity index (χ1n) is 7.57. The SMILES string of the molecule is CCCCC1C(=O)N(c2ccccn2)N=C1Cn1ccnc1. The molecule has 114 valence electrons. The van der Waals surface area contributed by atoms with E-state index < -0.39 is 0 Å². The third kappa shape index (κ3) is 2.90. The maximum Gasteiger partial charge on any atom is 0.257 e. The van der Waals surface area contributed by atoms with Gasteiger partial charge in [-0.1, -0.05) is 25.8 Å². The van der Waals surface area contributed by atoms with Gasteiger partial charge in [0.15, 0.2) is 5.82 Å². The number of imidazole rings is 1. The fraction of sp³-hybridized carbons (Fsp3) is 0.375. The number of unbranched alkanes of at least 4 members (excludes halogenated alkanes) is 1. The van der Waals surface area contributed by atoms with Crippen LogP contribution in [0.15, 0.2) is 48.2 Å². The summed E-state index contributed by atoms with van der Waals surface area (Å²) in [5.74, 6) is 0.432. The molecule has 0 aromatic carbocycles. The van der Waals surface area contributed by atoms with Crippen molar-refractivity contribution in [1.82, 2.24) is 14.5 Å². The van der Waals surface area contributed by atoms with Gasteiger partial charge in [0.2, 0.25) is 0 Å². The Hall–Kier alpha value is -2.50. The summed E-state index contributed by atoms with van der Waals surface area (Å²) >= 11 is 0. The van der Waals surface area contributed by atoms with Gasteiger partial charge in [-0.3, -0.25) is 4.79 Å². The number of hydrogen-bond donors (Lipinski definition) is 0. The Labute approximate surface area is 129 Å². The fourth-order valence-corrected chi connectivity index (χ4v) is 2.59. The topological polar surface area (TPSA) is 63.4 Å². The number of carbonyl (C=O) groups is 1. The van der Waals surface area contributed by atoms with Gasteiger partial charge in [-0.05, 0) is 18.6 Å². The molecule has 3 heterocycles. The molecule has 2 aromatic heterocycles. The Bertz CT molecular complexity index is 650. The van der Waals surface area contributed by atoms with Gasteiger partial charge in [-0.25, -0.2) is 9.97 Å². The van der Waals surface area contributed by atoms with E-state index in [2.05, 4.69) is 22.0 Å². The first-order valence-corrected chi connectivity index (χ1v) is 7.57. The maximum atomic E-state index is 12.7. The number of nitrogens with zero attached hydrogens (tertiary/aromatic N) is 5. The molecule has 0 spiro atoms. The third-order valence-corrected chi connectivity index (χ3v) is 3.75. The molecule has 3 rings (SSSR count). The van der Waals surface area contributed by atoms with Crippen LogP contribution >= 0.6 is 0 Å². The second kappa shape index (κ2) is 6.51. The summed E-state index contributed by atoms with van der Waals surface area (Å²) in [5.41, 5.74) is 0.877. The van der Waals surface area contributed by atoms with Gasteiger partial charge in [0.1, 0.15) is 0 Å². The van der Waals surface area contributed by atoms with Crippen LogP contribution in [0.5, 0.6) is 0 Å². The molecule has 22 heavy (non-hydrogen) atoms. The molecule has 0 N–H and O–H groups in total. The van der Waals surface area contributed by atoms with Crippen molar-refractivity contribution in [2.75, 3.05) is 5.01 Å². The summed E-state index contributed by atoms with van der Waals surface area (Å²) in [6, 6.07) is 5.49. The average molecular weight is 297 g/mol. The van der Waals surface area contributed by atoms with Crippen LogP contribution in [0.2, 0.25) is 0 Å². The summed E-state index contributed by atoms with van der Waals surface area (Å²) < 4.78 is 1.94. The highest BCUT2D eigenvalue weighted by Gasteiger charge is 2.36. The monoisotopic (exact) mass is 297 g/mol. The van der Waals surface area contributed by atoms with Gasteiger partial charge in [-0.2, -0.15) is 10.1 Å². The van der Waals surface area contributed by atoms with Crippen molar-refractivity contribution in [1.29, 1.82) is 0 Å². The average Bonchev–Trinajstić information content (AvgIpc) is 3.16. The molecule has 6 heteroatoms. The number of rotatable bonds is 6. The van der Waals surface area contributed by atoms with Crippen molar-refractivity contribution in [2.24, 2.45) is 11.0 Å². The zero-order valence-corrected chi connectivity index (χ0v) is 12.6. The van der Waals surface area contributed by atoms with Crippen LogP contribution in [-0.4, -0.2) is 26.2 Å². The lowest BCUT2D eigenvalue weighted by atomic mass is 9.96. The van der Waals surface area contributed by atoms with E-state index in [-0.39, 0.29) is 11.8 Å². The number of pyridine rings is 1. The molecule has 1 amide bonds. The Morgan fingerprint density at radius 3 is 2.86 bits per heavy atom. The maximum absolute atomic E-state index is 12.7.